The molecule has 2 aliphatic rings. The predicted molar refractivity (Wildman–Crippen MR) is 94.5 cm³/mol. The fraction of sp³-hybridized carbons (Fsp3) is 0.625. The molecule has 138 valence electrons. The molecule has 2 fully saturated rings. The van der Waals surface area contributed by atoms with Crippen LogP contribution in [0.15, 0.2) is 18.3 Å². The summed E-state index contributed by atoms with van der Waals surface area (Å²) in [7, 11) is -3.01. The molecule has 3 rings (SSSR count). The molecule has 1 aromatic heterocycles. The van der Waals surface area contributed by atoms with E-state index in [0.717, 1.165) is 45.1 Å². The molecule has 0 bridgehead atoms. The maximum atomic E-state index is 12.1. The third-order valence-electron chi connectivity index (χ3n) is 4.42. The molecule has 2 N–H and O–H groups in total. The van der Waals surface area contributed by atoms with Crippen LogP contribution < -0.4 is 10.6 Å². The number of hydrogen-bond acceptors (Lipinski definition) is 7. The van der Waals surface area contributed by atoms with Crippen LogP contribution in [-0.2, 0) is 14.6 Å². The van der Waals surface area contributed by atoms with Crippen molar-refractivity contribution in [2.45, 2.75) is 12.5 Å². The first kappa shape index (κ1) is 18.1. The van der Waals surface area contributed by atoms with Gasteiger partial charge in [-0.2, -0.15) is 0 Å². The molecule has 9 heteroatoms. The first-order chi connectivity index (χ1) is 12.0. The van der Waals surface area contributed by atoms with Crippen molar-refractivity contribution in [3.63, 3.8) is 0 Å². The van der Waals surface area contributed by atoms with Gasteiger partial charge in [-0.3, -0.25) is 9.69 Å². The van der Waals surface area contributed by atoms with E-state index >= 15 is 0 Å². The summed E-state index contributed by atoms with van der Waals surface area (Å²) in [5.41, 5.74) is 1.15. The lowest BCUT2D eigenvalue weighted by Crippen LogP contribution is -2.39. The summed E-state index contributed by atoms with van der Waals surface area (Å²) in [5.74, 6) is -0.181. The van der Waals surface area contributed by atoms with Crippen LogP contribution in [0.25, 0.3) is 0 Å². The summed E-state index contributed by atoms with van der Waals surface area (Å²) in [4.78, 5) is 18.6. The largest absolute Gasteiger partial charge is 0.383 e. The predicted octanol–water partition coefficient (Wildman–Crippen LogP) is -0.257. The Bertz CT molecular complexity index is 687. The van der Waals surface area contributed by atoms with E-state index in [1.807, 2.05) is 6.07 Å². The number of hydrogen-bond donors (Lipinski definition) is 2. The number of nitrogens with zero attached hydrogens (tertiary/aromatic N) is 2. The van der Waals surface area contributed by atoms with Crippen molar-refractivity contribution in [3.05, 3.63) is 24.0 Å². The highest BCUT2D eigenvalue weighted by molar-refractivity contribution is 7.91. The van der Waals surface area contributed by atoms with E-state index in [4.69, 9.17) is 4.74 Å². The maximum absolute atomic E-state index is 12.1. The molecule has 0 radical (unpaired) electrons. The smallest absolute Gasteiger partial charge is 0.270 e. The van der Waals surface area contributed by atoms with Crippen LogP contribution in [-0.4, -0.2) is 81.1 Å². The molecule has 0 aliphatic carbocycles. The van der Waals surface area contributed by atoms with Gasteiger partial charge in [0.25, 0.3) is 5.91 Å². The molecule has 2 aliphatic heterocycles. The number of nitrogens with one attached hydrogen (secondary N) is 2. The SMILES string of the molecule is O=C(NC1CCS(=O)(=O)C1)c1ccc(NCCN2CCOCC2)cn1. The summed E-state index contributed by atoms with van der Waals surface area (Å²) in [6, 6.07) is 3.15. The number of anilines is 1. The van der Waals surface area contributed by atoms with Crippen LogP contribution >= 0.6 is 0 Å². The lowest BCUT2D eigenvalue weighted by atomic mass is 10.2. The van der Waals surface area contributed by atoms with E-state index < -0.39 is 9.84 Å². The summed E-state index contributed by atoms with van der Waals surface area (Å²) < 4.78 is 28.2. The van der Waals surface area contributed by atoms with Gasteiger partial charge in [0.1, 0.15) is 5.69 Å². The minimum Gasteiger partial charge on any atom is -0.383 e. The zero-order valence-corrected chi connectivity index (χ0v) is 14.9. The van der Waals surface area contributed by atoms with E-state index in [2.05, 4.69) is 20.5 Å². The van der Waals surface area contributed by atoms with E-state index in [0.29, 0.717) is 12.1 Å². The highest BCUT2D eigenvalue weighted by Crippen LogP contribution is 2.12. The Labute approximate surface area is 147 Å². The molecular formula is C16H24N4O4S. The summed E-state index contributed by atoms with van der Waals surface area (Å²) in [6.45, 7) is 5.21. The van der Waals surface area contributed by atoms with Crippen LogP contribution in [0.5, 0.6) is 0 Å². The van der Waals surface area contributed by atoms with Crippen molar-refractivity contribution >= 4 is 21.4 Å². The fourth-order valence-corrected chi connectivity index (χ4v) is 4.66. The van der Waals surface area contributed by atoms with E-state index in [1.54, 1.807) is 12.3 Å². The maximum Gasteiger partial charge on any atom is 0.270 e. The molecule has 0 spiro atoms. The van der Waals surface area contributed by atoms with Crippen LogP contribution in [0.1, 0.15) is 16.9 Å². The number of amides is 1. The molecule has 8 nitrogen and oxygen atoms in total. The van der Waals surface area contributed by atoms with Crippen molar-refractivity contribution in [1.82, 2.24) is 15.2 Å². The van der Waals surface area contributed by atoms with Crippen molar-refractivity contribution < 1.29 is 17.9 Å². The van der Waals surface area contributed by atoms with Crippen LogP contribution in [0.4, 0.5) is 5.69 Å². The first-order valence-electron chi connectivity index (χ1n) is 8.53. The lowest BCUT2D eigenvalue weighted by Gasteiger charge is -2.26. The molecule has 0 aromatic carbocycles. The molecule has 1 amide bonds. The molecule has 0 saturated carbocycles. The molecule has 1 unspecified atom stereocenters. The van der Waals surface area contributed by atoms with Crippen LogP contribution in [0.2, 0.25) is 0 Å². The Morgan fingerprint density at radius 3 is 2.76 bits per heavy atom. The quantitative estimate of drug-likeness (QED) is 0.714. The van der Waals surface area contributed by atoms with Crippen molar-refractivity contribution in [3.8, 4) is 0 Å². The lowest BCUT2D eigenvalue weighted by molar-refractivity contribution is 0.0398. The van der Waals surface area contributed by atoms with Crippen molar-refractivity contribution in [2.24, 2.45) is 0 Å². The van der Waals surface area contributed by atoms with E-state index in [9.17, 15) is 13.2 Å². The average Bonchev–Trinajstić information content (AvgIpc) is 2.95. The number of sulfone groups is 1. The molecule has 1 aromatic rings. The second-order valence-electron chi connectivity index (χ2n) is 6.39. The average molecular weight is 368 g/mol. The molecule has 25 heavy (non-hydrogen) atoms. The van der Waals surface area contributed by atoms with Gasteiger partial charge in [-0.05, 0) is 18.6 Å². The van der Waals surface area contributed by atoms with Crippen molar-refractivity contribution in [1.29, 1.82) is 0 Å². The summed E-state index contributed by atoms with van der Waals surface area (Å²) in [5, 5.41) is 6.02. The number of ether oxygens (including phenoxy) is 1. The Morgan fingerprint density at radius 1 is 1.32 bits per heavy atom. The fourth-order valence-electron chi connectivity index (χ4n) is 2.98. The molecule has 1 atom stereocenters. The van der Waals surface area contributed by atoms with Crippen molar-refractivity contribution in [2.75, 3.05) is 56.2 Å². The van der Waals surface area contributed by atoms with Gasteiger partial charge in [0, 0.05) is 32.2 Å². The topological polar surface area (TPSA) is 101 Å². The second kappa shape index (κ2) is 8.11. The van der Waals surface area contributed by atoms with Crippen LogP contribution in [0, 0.1) is 0 Å². The highest BCUT2D eigenvalue weighted by Gasteiger charge is 2.29. The van der Waals surface area contributed by atoms with Gasteiger partial charge in [-0.25, -0.2) is 13.4 Å². The van der Waals surface area contributed by atoms with Gasteiger partial charge in [0.15, 0.2) is 9.84 Å². The minimum atomic E-state index is -3.01. The number of carbonyl (C=O) groups excluding carboxylic acids is 1. The number of aromatic nitrogens is 1. The van der Waals surface area contributed by atoms with Gasteiger partial charge < -0.3 is 15.4 Å². The van der Waals surface area contributed by atoms with Crippen LogP contribution in [0.3, 0.4) is 0 Å². The molecular weight excluding hydrogens is 344 g/mol. The van der Waals surface area contributed by atoms with Gasteiger partial charge in [0.05, 0.1) is 36.6 Å². The zero-order chi connectivity index (χ0) is 17.7. The molecule has 2 saturated heterocycles. The number of morpholine rings is 1. The third-order valence-corrected chi connectivity index (χ3v) is 6.19. The zero-order valence-electron chi connectivity index (χ0n) is 14.1. The Balaban J connectivity index is 1.44. The Morgan fingerprint density at radius 2 is 2.12 bits per heavy atom. The monoisotopic (exact) mass is 368 g/mol. The number of rotatable bonds is 6. The standard InChI is InChI=1S/C16H24N4O4S/c21-16(19-14-3-10-25(22,23)12-14)15-2-1-13(11-18-15)17-4-5-20-6-8-24-9-7-20/h1-2,11,14,17H,3-10,12H2,(H,19,21). The Hall–Kier alpha value is -1.71. The first-order valence-corrected chi connectivity index (χ1v) is 10.4. The van der Waals surface area contributed by atoms with E-state index in [-0.39, 0.29) is 23.5 Å². The van der Waals surface area contributed by atoms with E-state index in [1.165, 1.54) is 0 Å². The van der Waals surface area contributed by atoms with Gasteiger partial charge in [-0.15, -0.1) is 0 Å². The van der Waals surface area contributed by atoms with Gasteiger partial charge >= 0.3 is 0 Å². The van der Waals surface area contributed by atoms with Gasteiger partial charge in [0.2, 0.25) is 0 Å². The number of carbonyl (C=O) groups is 1. The highest BCUT2D eigenvalue weighted by atomic mass is 32.2. The number of pyridine rings is 1. The third kappa shape index (κ3) is 5.38. The summed E-state index contributed by atoms with van der Waals surface area (Å²) >= 11 is 0. The minimum absolute atomic E-state index is 0.0138. The molecule has 3 heterocycles. The Kier molecular flexibility index (Phi) is 5.87. The van der Waals surface area contributed by atoms with Gasteiger partial charge in [-0.1, -0.05) is 0 Å². The normalized spacial score (nSPS) is 23.3. The summed E-state index contributed by atoms with van der Waals surface area (Å²) in [6.07, 6.45) is 2.09. The second-order valence-corrected chi connectivity index (χ2v) is 8.62.